The van der Waals surface area contributed by atoms with Crippen LogP contribution in [0.25, 0.3) is 0 Å². The van der Waals surface area contributed by atoms with Crippen molar-refractivity contribution in [1.82, 2.24) is 9.80 Å². The number of aliphatic hydroxyl groups is 1. The molecule has 0 radical (unpaired) electrons. The maximum atomic E-state index is 13.9. The fourth-order valence-electron chi connectivity index (χ4n) is 8.08. The molecule has 1 amide bonds. The second-order valence-corrected chi connectivity index (χ2v) is 12.6. The number of amides is 1. The molecule has 0 saturated heterocycles. The molecule has 2 unspecified atom stereocenters. The molecule has 11 heteroatoms. The summed E-state index contributed by atoms with van der Waals surface area (Å²) in [5.74, 6) is -9.50. The lowest BCUT2D eigenvalue weighted by atomic mass is 9.52. The molecule has 5 rings (SSSR count). The normalized spacial score (nSPS) is 31.8. The number of carbonyl (C=O) groups excluding carboxylic acids is 5. The number of nitrogens with two attached hydrogens (primary N) is 1. The first-order valence-corrected chi connectivity index (χ1v) is 14.3. The van der Waals surface area contributed by atoms with E-state index in [1.54, 1.807) is 14.1 Å². The number of aromatic hydroxyl groups is 1. The number of carbonyl (C=O) groups is 5. The molecule has 0 spiro atoms. The smallest absolute Gasteiger partial charge is 0.235 e. The minimum atomic E-state index is -2.74. The number of primary amides is 1. The summed E-state index contributed by atoms with van der Waals surface area (Å²) in [6.07, 6.45) is 5.01. The van der Waals surface area contributed by atoms with E-state index >= 15 is 0 Å². The van der Waals surface area contributed by atoms with Crippen molar-refractivity contribution in [2.75, 3.05) is 34.8 Å². The number of benzene rings is 1. The monoisotopic (exact) mass is 569 g/mol. The molecule has 4 aliphatic rings. The third-order valence-electron chi connectivity index (χ3n) is 9.78. The number of ketones is 4. The van der Waals surface area contributed by atoms with Gasteiger partial charge in [-0.3, -0.25) is 28.9 Å². The summed E-state index contributed by atoms with van der Waals surface area (Å²) in [6.45, 7) is 1.39. The highest BCUT2D eigenvalue weighted by atomic mass is 16.5. The fraction of sp³-hybridized carbons (Fsp3) is 0.633. The lowest BCUT2D eigenvalue weighted by molar-refractivity contribution is -0.181. The van der Waals surface area contributed by atoms with Crippen molar-refractivity contribution < 1.29 is 38.9 Å². The zero-order valence-electron chi connectivity index (χ0n) is 24.0. The second kappa shape index (κ2) is 10.6. The molecule has 1 aromatic rings. The highest BCUT2D eigenvalue weighted by Gasteiger charge is 2.69. The molecule has 222 valence electrons. The van der Waals surface area contributed by atoms with Crippen LogP contribution < -0.4 is 10.5 Å². The minimum absolute atomic E-state index is 0.000375. The largest absolute Gasteiger partial charge is 0.507 e. The molecule has 0 aromatic heterocycles. The van der Waals surface area contributed by atoms with E-state index < -0.39 is 64.4 Å². The van der Waals surface area contributed by atoms with Crippen molar-refractivity contribution >= 4 is 29.0 Å². The first-order valence-electron chi connectivity index (χ1n) is 14.3. The SMILES string of the molecule is COc1c(CN(C)CC2CCCC2)cc(O)c2c1C[C@H]1C[C@H]3[C@H](N(C)C)C(=O)C(C(N)=O)C(=O)[C@@]3(O)C(=O)C1C2=O. The Morgan fingerprint density at radius 3 is 2.37 bits per heavy atom. The number of phenols is 1. The van der Waals surface area contributed by atoms with Crippen LogP contribution in [0.1, 0.15) is 53.6 Å². The summed E-state index contributed by atoms with van der Waals surface area (Å²) in [5.41, 5.74) is 3.76. The third kappa shape index (κ3) is 4.49. The maximum absolute atomic E-state index is 13.9. The molecule has 0 aliphatic heterocycles. The summed E-state index contributed by atoms with van der Waals surface area (Å²) in [4.78, 5) is 70.2. The molecular weight excluding hydrogens is 530 g/mol. The Hall–Kier alpha value is -3.15. The second-order valence-electron chi connectivity index (χ2n) is 12.6. The first kappa shape index (κ1) is 29.3. The zero-order chi connectivity index (χ0) is 30.0. The van der Waals surface area contributed by atoms with Crippen molar-refractivity contribution in [1.29, 1.82) is 0 Å². The number of hydrogen-bond acceptors (Lipinski definition) is 10. The molecule has 0 heterocycles. The number of fused-ring (bicyclic) bond motifs is 3. The van der Waals surface area contributed by atoms with Gasteiger partial charge in [0.1, 0.15) is 11.5 Å². The Kier molecular flexibility index (Phi) is 7.59. The van der Waals surface area contributed by atoms with Gasteiger partial charge in [-0.25, -0.2) is 0 Å². The van der Waals surface area contributed by atoms with Crippen molar-refractivity contribution in [2.24, 2.45) is 35.3 Å². The summed E-state index contributed by atoms with van der Waals surface area (Å²) >= 11 is 0. The summed E-state index contributed by atoms with van der Waals surface area (Å²) < 4.78 is 5.79. The van der Waals surface area contributed by atoms with Gasteiger partial charge in [-0.15, -0.1) is 0 Å². The number of nitrogens with zero attached hydrogens (tertiary/aromatic N) is 2. The van der Waals surface area contributed by atoms with Gasteiger partial charge >= 0.3 is 0 Å². The quantitative estimate of drug-likeness (QED) is 0.393. The van der Waals surface area contributed by atoms with E-state index in [-0.39, 0.29) is 24.2 Å². The van der Waals surface area contributed by atoms with Gasteiger partial charge in [0.25, 0.3) is 0 Å². The van der Waals surface area contributed by atoms with E-state index in [4.69, 9.17) is 10.5 Å². The van der Waals surface area contributed by atoms with Crippen LogP contribution in [-0.2, 0) is 32.1 Å². The van der Waals surface area contributed by atoms with E-state index in [1.165, 1.54) is 43.8 Å². The molecule has 4 N–H and O–H groups in total. The number of rotatable bonds is 7. The van der Waals surface area contributed by atoms with E-state index in [1.807, 2.05) is 7.05 Å². The Bertz CT molecular complexity index is 1320. The molecule has 3 saturated carbocycles. The topological polar surface area (TPSA) is 168 Å². The Morgan fingerprint density at radius 1 is 1.12 bits per heavy atom. The van der Waals surface area contributed by atoms with Crippen LogP contribution in [0, 0.1) is 29.6 Å². The van der Waals surface area contributed by atoms with Crippen LogP contribution in [0.2, 0.25) is 0 Å². The third-order valence-corrected chi connectivity index (χ3v) is 9.78. The first-order chi connectivity index (χ1) is 19.3. The summed E-state index contributed by atoms with van der Waals surface area (Å²) in [7, 11) is 6.63. The molecule has 0 bridgehead atoms. The Labute approximate surface area is 239 Å². The van der Waals surface area contributed by atoms with Crippen LogP contribution in [0.5, 0.6) is 11.5 Å². The number of hydrogen-bond donors (Lipinski definition) is 3. The van der Waals surface area contributed by atoms with Crippen molar-refractivity contribution in [2.45, 2.75) is 56.7 Å². The molecule has 3 fully saturated rings. The summed E-state index contributed by atoms with van der Waals surface area (Å²) in [5, 5.41) is 22.8. The van der Waals surface area contributed by atoms with Gasteiger partial charge in [0.05, 0.1) is 24.6 Å². The Balaban J connectivity index is 1.54. The zero-order valence-corrected chi connectivity index (χ0v) is 24.0. The average Bonchev–Trinajstić information content (AvgIpc) is 3.38. The predicted molar refractivity (Wildman–Crippen MR) is 146 cm³/mol. The average molecular weight is 570 g/mol. The van der Waals surface area contributed by atoms with Crippen LogP contribution in [0.3, 0.4) is 0 Å². The van der Waals surface area contributed by atoms with Crippen LogP contribution in [0.4, 0.5) is 0 Å². The van der Waals surface area contributed by atoms with Gasteiger partial charge in [0.2, 0.25) is 5.91 Å². The molecule has 1 aromatic carbocycles. The van der Waals surface area contributed by atoms with Gasteiger partial charge < -0.3 is 25.6 Å². The number of Topliss-reactive ketones (excluding diaryl/α,β-unsaturated/α-hetero) is 4. The van der Waals surface area contributed by atoms with Crippen molar-refractivity contribution in [3.8, 4) is 11.5 Å². The van der Waals surface area contributed by atoms with Crippen LogP contribution in [-0.4, -0.2) is 95.5 Å². The fourth-order valence-corrected chi connectivity index (χ4v) is 8.08. The number of methoxy groups -OCH3 is 1. The predicted octanol–water partition coefficient (Wildman–Crippen LogP) is 0.498. The highest BCUT2D eigenvalue weighted by molar-refractivity contribution is 6.32. The van der Waals surface area contributed by atoms with E-state index in [0.29, 0.717) is 29.3 Å². The minimum Gasteiger partial charge on any atom is -0.507 e. The Morgan fingerprint density at radius 2 is 1.78 bits per heavy atom. The highest BCUT2D eigenvalue weighted by Crippen LogP contribution is 2.52. The van der Waals surface area contributed by atoms with Gasteiger partial charge in [0, 0.05) is 30.1 Å². The van der Waals surface area contributed by atoms with Gasteiger partial charge in [-0.05, 0) is 64.7 Å². The van der Waals surface area contributed by atoms with Crippen LogP contribution in [0.15, 0.2) is 6.07 Å². The molecular formula is C30H39N3O8. The summed E-state index contributed by atoms with van der Waals surface area (Å²) in [6, 6.07) is 0.351. The van der Waals surface area contributed by atoms with E-state index in [0.717, 1.165) is 6.54 Å². The van der Waals surface area contributed by atoms with Gasteiger partial charge in [-0.2, -0.15) is 0 Å². The lowest BCUT2D eigenvalue weighted by Gasteiger charge is -2.52. The lowest BCUT2D eigenvalue weighted by Crippen LogP contribution is -2.74. The molecule has 6 atom stereocenters. The molecule has 11 nitrogen and oxygen atoms in total. The van der Waals surface area contributed by atoms with E-state index in [2.05, 4.69) is 4.90 Å². The van der Waals surface area contributed by atoms with Crippen LogP contribution >= 0.6 is 0 Å². The standard InChI is InChI=1S/C30H39N3O8/c1-32(2)23-18-10-15-9-17-21(19(34)11-16(26(17)41-4)13-33(3)12-14-7-5-6-8-14)24(35)20(15)27(37)30(18,40)28(38)22(25(23)36)29(31)39/h11,14-15,18,20,22-23,34,40H,5-10,12-13H2,1-4H3,(H2,31,39)/t15-,18-,20?,22?,23-,30-/m0/s1. The van der Waals surface area contributed by atoms with Gasteiger partial charge in [0.15, 0.2) is 34.7 Å². The van der Waals surface area contributed by atoms with E-state index in [9.17, 15) is 34.2 Å². The maximum Gasteiger partial charge on any atom is 0.235 e. The molecule has 4 aliphatic carbocycles. The number of likely N-dealkylation sites (N-methyl/N-ethyl adjacent to an activating group) is 1. The van der Waals surface area contributed by atoms with Gasteiger partial charge in [-0.1, -0.05) is 12.8 Å². The van der Waals surface area contributed by atoms with Crippen molar-refractivity contribution in [3.05, 3.63) is 22.8 Å². The number of ether oxygens (including phenoxy) is 1. The molecule has 41 heavy (non-hydrogen) atoms. The van der Waals surface area contributed by atoms with Crippen molar-refractivity contribution in [3.63, 3.8) is 0 Å². The number of phenolic OH excluding ortho intramolecular Hbond substituents is 1.